The Balaban J connectivity index is 3.29. The van der Waals surface area contributed by atoms with Crippen molar-refractivity contribution in [1.82, 2.24) is 0 Å². The number of hydrogen-bond donors (Lipinski definition) is 1. The number of carbonyl (C=O) groups is 1. The van der Waals surface area contributed by atoms with Gasteiger partial charge in [0.1, 0.15) is 0 Å². The molecule has 0 spiro atoms. The fourth-order valence-electron chi connectivity index (χ4n) is 4.97. The summed E-state index contributed by atoms with van der Waals surface area (Å²) in [6.07, 6.45) is 41.1. The quantitative estimate of drug-likeness (QED) is 0.0532. The van der Waals surface area contributed by atoms with E-state index in [0.29, 0.717) is 13.0 Å². The van der Waals surface area contributed by atoms with Crippen molar-refractivity contribution in [1.29, 1.82) is 0 Å². The van der Waals surface area contributed by atoms with E-state index in [1.54, 1.807) is 0 Å². The number of aliphatic hydroxyl groups is 1. The molecule has 0 aromatic carbocycles. The third-order valence-electron chi connectivity index (χ3n) is 7.64. The Morgan fingerprint density at radius 1 is 0.564 bits per heavy atom. The van der Waals surface area contributed by atoms with Gasteiger partial charge < -0.3 is 9.84 Å². The van der Waals surface area contributed by atoms with Crippen LogP contribution in [0, 0.1) is 0 Å². The Labute approximate surface area is 244 Å². The maximum atomic E-state index is 11.9. The Kier molecular flexibility index (Phi) is 32.2. The van der Waals surface area contributed by atoms with E-state index in [1.807, 2.05) is 0 Å². The zero-order chi connectivity index (χ0) is 28.5. The molecule has 0 saturated heterocycles. The number of aliphatic hydroxyl groups excluding tert-OH is 1. The van der Waals surface area contributed by atoms with Gasteiger partial charge in [-0.1, -0.05) is 141 Å². The molecule has 0 radical (unpaired) electrons. The van der Waals surface area contributed by atoms with Crippen molar-refractivity contribution in [2.45, 2.75) is 193 Å². The molecule has 0 saturated carbocycles. The Hall–Kier alpha value is -1.09. The first kappa shape index (κ1) is 37.9. The van der Waals surface area contributed by atoms with Crippen molar-refractivity contribution in [2.75, 3.05) is 6.61 Å². The highest BCUT2D eigenvalue weighted by Crippen LogP contribution is 2.12. The standard InChI is InChI=1S/C36H68O3/c1-3-5-7-9-10-11-12-13-14-15-16-19-22-25-29-33-36(38)39-34-30-26-23-20-17-18-21-24-28-32-35(37)31-27-8-6-4-2/h13-14,24,28,35,37H,3-12,15-23,25-27,29-34H2,1-2H3/b14-13-,28-24+/t35-/m1/s1. The molecule has 1 atom stereocenters. The van der Waals surface area contributed by atoms with Gasteiger partial charge in [0.05, 0.1) is 12.7 Å². The van der Waals surface area contributed by atoms with Crippen molar-refractivity contribution in [2.24, 2.45) is 0 Å². The van der Waals surface area contributed by atoms with E-state index in [2.05, 4.69) is 38.2 Å². The summed E-state index contributed by atoms with van der Waals surface area (Å²) in [6, 6.07) is 0. The average molecular weight is 549 g/mol. The number of carbonyl (C=O) groups excluding carboxylic acids is 1. The predicted octanol–water partition coefficient (Wildman–Crippen LogP) is 11.6. The van der Waals surface area contributed by atoms with Gasteiger partial charge in [-0.15, -0.1) is 0 Å². The highest BCUT2D eigenvalue weighted by molar-refractivity contribution is 5.69. The number of hydrogen-bond acceptors (Lipinski definition) is 3. The molecule has 0 aromatic heterocycles. The summed E-state index contributed by atoms with van der Waals surface area (Å²) < 4.78 is 5.41. The molecule has 0 bridgehead atoms. The number of esters is 1. The van der Waals surface area contributed by atoms with E-state index in [0.717, 1.165) is 51.4 Å². The Morgan fingerprint density at radius 2 is 1.00 bits per heavy atom. The summed E-state index contributed by atoms with van der Waals surface area (Å²) in [6.45, 7) is 5.08. The molecule has 0 fully saturated rings. The Bertz CT molecular complexity index is 539. The predicted molar refractivity (Wildman–Crippen MR) is 171 cm³/mol. The smallest absolute Gasteiger partial charge is 0.305 e. The van der Waals surface area contributed by atoms with Crippen LogP contribution in [-0.2, 0) is 9.53 Å². The zero-order valence-electron chi connectivity index (χ0n) is 26.4. The molecule has 0 amide bonds. The van der Waals surface area contributed by atoms with Gasteiger partial charge in [0.25, 0.3) is 0 Å². The van der Waals surface area contributed by atoms with Crippen LogP contribution in [0.4, 0.5) is 0 Å². The van der Waals surface area contributed by atoms with Crippen molar-refractivity contribution in [3.8, 4) is 0 Å². The lowest BCUT2D eigenvalue weighted by atomic mass is 10.1. The van der Waals surface area contributed by atoms with Crippen molar-refractivity contribution >= 4 is 5.97 Å². The van der Waals surface area contributed by atoms with Gasteiger partial charge in [0, 0.05) is 6.42 Å². The summed E-state index contributed by atoms with van der Waals surface area (Å²) >= 11 is 0. The molecular formula is C36H68O3. The van der Waals surface area contributed by atoms with Crippen LogP contribution < -0.4 is 0 Å². The first-order valence-corrected chi connectivity index (χ1v) is 17.3. The maximum absolute atomic E-state index is 11.9. The number of unbranched alkanes of at least 4 members (excludes halogenated alkanes) is 20. The zero-order valence-corrected chi connectivity index (χ0v) is 26.4. The van der Waals surface area contributed by atoms with E-state index in [1.165, 1.54) is 116 Å². The van der Waals surface area contributed by atoms with E-state index < -0.39 is 0 Å². The van der Waals surface area contributed by atoms with Crippen molar-refractivity contribution < 1.29 is 14.6 Å². The molecular weight excluding hydrogens is 480 g/mol. The van der Waals surface area contributed by atoms with Gasteiger partial charge in [-0.2, -0.15) is 0 Å². The molecule has 0 aliphatic rings. The van der Waals surface area contributed by atoms with Gasteiger partial charge in [-0.05, 0) is 64.2 Å². The van der Waals surface area contributed by atoms with E-state index in [-0.39, 0.29) is 12.1 Å². The number of rotatable bonds is 31. The molecule has 3 heteroatoms. The molecule has 0 heterocycles. The second-order valence-electron chi connectivity index (χ2n) is 11.7. The maximum Gasteiger partial charge on any atom is 0.305 e. The third kappa shape index (κ3) is 33.0. The van der Waals surface area contributed by atoms with E-state index in [9.17, 15) is 9.90 Å². The minimum Gasteiger partial charge on any atom is -0.466 e. The van der Waals surface area contributed by atoms with Crippen LogP contribution in [0.15, 0.2) is 24.3 Å². The topological polar surface area (TPSA) is 46.5 Å². The Morgan fingerprint density at radius 3 is 1.56 bits per heavy atom. The van der Waals surface area contributed by atoms with Crippen LogP contribution in [0.25, 0.3) is 0 Å². The molecule has 0 aliphatic carbocycles. The first-order chi connectivity index (χ1) is 19.2. The molecule has 0 unspecified atom stereocenters. The van der Waals surface area contributed by atoms with Crippen molar-refractivity contribution in [3.63, 3.8) is 0 Å². The summed E-state index contributed by atoms with van der Waals surface area (Å²) in [5.41, 5.74) is 0. The van der Waals surface area contributed by atoms with Gasteiger partial charge >= 0.3 is 5.97 Å². The van der Waals surface area contributed by atoms with Gasteiger partial charge in [0.15, 0.2) is 0 Å². The second-order valence-corrected chi connectivity index (χ2v) is 11.7. The summed E-state index contributed by atoms with van der Waals surface area (Å²) in [7, 11) is 0. The molecule has 0 aromatic rings. The summed E-state index contributed by atoms with van der Waals surface area (Å²) in [4.78, 5) is 11.9. The second kappa shape index (κ2) is 33.1. The SMILES string of the molecule is CCCCCCCC/C=C\CCCCCCCC(=O)OCCCCCCCC/C=C/C[C@H](O)CCCCCC. The highest BCUT2D eigenvalue weighted by atomic mass is 16.5. The fraction of sp³-hybridized carbons (Fsp3) is 0.861. The average Bonchev–Trinajstić information content (AvgIpc) is 2.93. The van der Waals surface area contributed by atoms with Crippen LogP contribution in [0.1, 0.15) is 187 Å². The first-order valence-electron chi connectivity index (χ1n) is 17.3. The van der Waals surface area contributed by atoms with Crippen LogP contribution >= 0.6 is 0 Å². The summed E-state index contributed by atoms with van der Waals surface area (Å²) in [5, 5.41) is 9.98. The van der Waals surface area contributed by atoms with E-state index >= 15 is 0 Å². The van der Waals surface area contributed by atoms with Crippen molar-refractivity contribution in [3.05, 3.63) is 24.3 Å². The lowest BCUT2D eigenvalue weighted by Crippen LogP contribution is -2.05. The lowest BCUT2D eigenvalue weighted by molar-refractivity contribution is -0.143. The summed E-state index contributed by atoms with van der Waals surface area (Å²) in [5.74, 6) is -0.00880. The highest BCUT2D eigenvalue weighted by Gasteiger charge is 2.03. The monoisotopic (exact) mass is 549 g/mol. The molecule has 0 aliphatic heterocycles. The van der Waals surface area contributed by atoms with Gasteiger partial charge in [-0.3, -0.25) is 4.79 Å². The molecule has 3 nitrogen and oxygen atoms in total. The largest absolute Gasteiger partial charge is 0.466 e. The van der Waals surface area contributed by atoms with Crippen LogP contribution in [0.3, 0.4) is 0 Å². The van der Waals surface area contributed by atoms with Crippen LogP contribution in [0.5, 0.6) is 0 Å². The molecule has 39 heavy (non-hydrogen) atoms. The van der Waals surface area contributed by atoms with Crippen LogP contribution in [-0.4, -0.2) is 23.8 Å². The normalized spacial score (nSPS) is 12.6. The lowest BCUT2D eigenvalue weighted by Gasteiger charge is -2.07. The fourth-order valence-corrected chi connectivity index (χ4v) is 4.97. The molecule has 230 valence electrons. The van der Waals surface area contributed by atoms with Gasteiger partial charge in [-0.25, -0.2) is 0 Å². The minimum atomic E-state index is -0.158. The molecule has 0 rings (SSSR count). The third-order valence-corrected chi connectivity index (χ3v) is 7.64. The number of ether oxygens (including phenoxy) is 1. The van der Waals surface area contributed by atoms with E-state index in [4.69, 9.17) is 4.74 Å². The molecule has 1 N–H and O–H groups in total. The van der Waals surface area contributed by atoms with Crippen LogP contribution in [0.2, 0.25) is 0 Å². The minimum absolute atomic E-state index is 0.00880. The van der Waals surface area contributed by atoms with Gasteiger partial charge in [0.2, 0.25) is 0 Å². The number of allylic oxidation sites excluding steroid dienone is 3.